The Bertz CT molecular complexity index is 938. The minimum atomic E-state index is -2.14. The number of halogens is 1. The fraction of sp³-hybridized carbons (Fsp3) is 0.652. The molecule has 11 heteroatoms. The Hall–Kier alpha value is -2.43. The first kappa shape index (κ1) is 26.2. The number of ether oxygens (including phenoxy) is 5. The fourth-order valence-electron chi connectivity index (χ4n) is 4.28. The van der Waals surface area contributed by atoms with Gasteiger partial charge in [-0.25, -0.2) is 14.4 Å². The van der Waals surface area contributed by atoms with Crippen molar-refractivity contribution < 1.29 is 48.0 Å². The average molecular weight is 501 g/mol. The van der Waals surface area contributed by atoms with Gasteiger partial charge in [0.25, 0.3) is 0 Å². The van der Waals surface area contributed by atoms with Crippen LogP contribution < -0.4 is 0 Å². The predicted octanol–water partition coefficient (Wildman–Crippen LogP) is 1.36. The third kappa shape index (κ3) is 4.71. The summed E-state index contributed by atoms with van der Waals surface area (Å²) in [7, 11) is 1.15. The van der Waals surface area contributed by atoms with Gasteiger partial charge in [-0.1, -0.05) is 12.7 Å². The van der Waals surface area contributed by atoms with Gasteiger partial charge < -0.3 is 28.8 Å². The SMILES string of the molecule is C=C1C(=O)OC2C1C(OC(=O)C(C)(O)C(C)Cl)C(OC(C)=O)C(C(=O)OC)=CCCC1(C)OC21. The second kappa shape index (κ2) is 9.31. The second-order valence-corrected chi connectivity index (χ2v) is 9.78. The summed E-state index contributed by atoms with van der Waals surface area (Å²) in [6.07, 6.45) is -2.12. The van der Waals surface area contributed by atoms with E-state index in [0.29, 0.717) is 12.8 Å². The van der Waals surface area contributed by atoms with E-state index in [0.717, 1.165) is 21.0 Å². The first-order valence-corrected chi connectivity index (χ1v) is 11.3. The van der Waals surface area contributed by atoms with E-state index in [1.807, 2.05) is 6.92 Å². The molecular formula is C23H29ClO10. The molecule has 0 aromatic carbocycles. The van der Waals surface area contributed by atoms with Crippen LogP contribution >= 0.6 is 11.6 Å². The summed E-state index contributed by atoms with van der Waals surface area (Å²) >= 11 is 5.98. The summed E-state index contributed by atoms with van der Waals surface area (Å²) in [6.45, 7) is 9.30. The van der Waals surface area contributed by atoms with Crippen LogP contribution in [0.3, 0.4) is 0 Å². The third-order valence-electron chi connectivity index (χ3n) is 6.61. The molecular weight excluding hydrogens is 472 g/mol. The molecule has 2 fully saturated rings. The van der Waals surface area contributed by atoms with Gasteiger partial charge in [0, 0.05) is 12.5 Å². The number of esters is 4. The molecule has 8 unspecified atom stereocenters. The highest BCUT2D eigenvalue weighted by atomic mass is 35.5. The molecule has 1 N–H and O–H groups in total. The topological polar surface area (TPSA) is 138 Å². The van der Waals surface area contributed by atoms with Crippen LogP contribution in [0.2, 0.25) is 0 Å². The van der Waals surface area contributed by atoms with E-state index >= 15 is 0 Å². The molecule has 34 heavy (non-hydrogen) atoms. The van der Waals surface area contributed by atoms with Gasteiger partial charge in [-0.3, -0.25) is 4.79 Å². The number of rotatable bonds is 5. The molecule has 2 heterocycles. The largest absolute Gasteiger partial charge is 0.466 e. The van der Waals surface area contributed by atoms with Gasteiger partial charge in [0.05, 0.1) is 29.6 Å². The number of alkyl halides is 1. The molecule has 0 amide bonds. The monoisotopic (exact) mass is 500 g/mol. The fourth-order valence-corrected chi connectivity index (χ4v) is 4.37. The lowest BCUT2D eigenvalue weighted by atomic mass is 9.80. The maximum absolute atomic E-state index is 13.0. The lowest BCUT2D eigenvalue weighted by molar-refractivity contribution is -0.184. The quantitative estimate of drug-likeness (QED) is 0.193. The van der Waals surface area contributed by atoms with Crippen LogP contribution in [-0.2, 0) is 42.9 Å². The van der Waals surface area contributed by atoms with Crippen molar-refractivity contribution in [2.45, 2.75) is 81.5 Å². The van der Waals surface area contributed by atoms with Crippen molar-refractivity contribution in [1.29, 1.82) is 0 Å². The molecule has 3 rings (SSSR count). The van der Waals surface area contributed by atoms with Crippen molar-refractivity contribution in [1.82, 2.24) is 0 Å². The van der Waals surface area contributed by atoms with Crippen LogP contribution in [0.4, 0.5) is 0 Å². The number of carbonyl (C=O) groups is 4. The number of epoxide rings is 1. The zero-order chi connectivity index (χ0) is 25.6. The second-order valence-electron chi connectivity index (χ2n) is 9.13. The van der Waals surface area contributed by atoms with E-state index in [1.54, 1.807) is 0 Å². The molecule has 0 aromatic heterocycles. The Morgan fingerprint density at radius 3 is 2.56 bits per heavy atom. The molecule has 188 valence electrons. The van der Waals surface area contributed by atoms with Crippen LogP contribution in [0.25, 0.3) is 0 Å². The standard InChI is InChI=1S/C23H29ClO10/c1-10-14-16(33-21(28)23(5,29)11(2)24)15(31-12(3)25)13(20(27)30-6)8-7-9-22(4)18(34-22)17(14)32-19(10)26/h8,11,14-18,29H,1,7,9H2,2-6H3. The van der Waals surface area contributed by atoms with Crippen molar-refractivity contribution in [3.63, 3.8) is 0 Å². The highest BCUT2D eigenvalue weighted by Gasteiger charge is 2.65. The normalized spacial score (nSPS) is 35.4. The summed E-state index contributed by atoms with van der Waals surface area (Å²) in [5.41, 5.74) is -2.95. The Kier molecular flexibility index (Phi) is 7.17. The number of carbonyl (C=O) groups excluding carboxylic acids is 4. The Morgan fingerprint density at radius 1 is 1.35 bits per heavy atom. The molecule has 8 atom stereocenters. The van der Waals surface area contributed by atoms with Crippen molar-refractivity contribution in [2.75, 3.05) is 7.11 Å². The van der Waals surface area contributed by atoms with Gasteiger partial charge in [-0.2, -0.15) is 0 Å². The van der Waals surface area contributed by atoms with E-state index in [4.69, 9.17) is 35.3 Å². The van der Waals surface area contributed by atoms with Gasteiger partial charge in [0.15, 0.2) is 17.8 Å². The first-order valence-electron chi connectivity index (χ1n) is 10.8. The van der Waals surface area contributed by atoms with Crippen LogP contribution in [0.5, 0.6) is 0 Å². The van der Waals surface area contributed by atoms with Crippen molar-refractivity contribution in [3.8, 4) is 0 Å². The lowest BCUT2D eigenvalue weighted by Gasteiger charge is -2.35. The van der Waals surface area contributed by atoms with Gasteiger partial charge in [0.1, 0.15) is 12.2 Å². The Labute approximate surface area is 202 Å². The predicted molar refractivity (Wildman–Crippen MR) is 116 cm³/mol. The molecule has 0 bridgehead atoms. The van der Waals surface area contributed by atoms with Gasteiger partial charge >= 0.3 is 23.9 Å². The summed E-state index contributed by atoms with van der Waals surface area (Å²) in [5, 5.41) is 9.54. The first-order chi connectivity index (χ1) is 15.7. The van der Waals surface area contributed by atoms with Crippen molar-refractivity contribution in [3.05, 3.63) is 23.8 Å². The average Bonchev–Trinajstić information content (AvgIpc) is 3.34. The minimum Gasteiger partial charge on any atom is -0.466 e. The number of hydrogen-bond acceptors (Lipinski definition) is 10. The summed E-state index contributed by atoms with van der Waals surface area (Å²) < 4.78 is 27.4. The smallest absolute Gasteiger partial charge is 0.339 e. The van der Waals surface area contributed by atoms with Crippen molar-refractivity contribution >= 4 is 35.5 Å². The molecule has 1 aliphatic carbocycles. The maximum atomic E-state index is 13.0. The molecule has 2 aliphatic heterocycles. The van der Waals surface area contributed by atoms with E-state index in [2.05, 4.69) is 6.58 Å². The number of hydrogen-bond donors (Lipinski definition) is 1. The maximum Gasteiger partial charge on any atom is 0.339 e. The van der Waals surface area contributed by atoms with Crippen LogP contribution in [-0.4, -0.2) is 77.1 Å². The zero-order valence-electron chi connectivity index (χ0n) is 19.7. The number of methoxy groups -OCH3 is 1. The van der Waals surface area contributed by atoms with Crippen LogP contribution in [0, 0.1) is 5.92 Å². The van der Waals surface area contributed by atoms with E-state index in [-0.39, 0.29) is 11.1 Å². The number of allylic oxidation sites excluding steroid dienone is 1. The molecule has 0 radical (unpaired) electrons. The molecule has 3 aliphatic rings. The van der Waals surface area contributed by atoms with Gasteiger partial charge in [-0.05, 0) is 33.6 Å². The summed E-state index contributed by atoms with van der Waals surface area (Å²) in [6, 6.07) is 0. The molecule has 2 saturated heterocycles. The Balaban J connectivity index is 2.18. The molecule has 0 aromatic rings. The summed E-state index contributed by atoms with van der Waals surface area (Å²) in [4.78, 5) is 50.3. The molecule has 10 nitrogen and oxygen atoms in total. The third-order valence-corrected chi connectivity index (χ3v) is 7.03. The van der Waals surface area contributed by atoms with E-state index in [1.165, 1.54) is 13.0 Å². The zero-order valence-corrected chi connectivity index (χ0v) is 20.4. The van der Waals surface area contributed by atoms with E-state index < -0.39 is 70.8 Å². The van der Waals surface area contributed by atoms with Crippen molar-refractivity contribution in [2.24, 2.45) is 5.92 Å². The lowest BCUT2D eigenvalue weighted by Crippen LogP contribution is -2.52. The minimum absolute atomic E-state index is 0.0545. The summed E-state index contributed by atoms with van der Waals surface area (Å²) in [5.74, 6) is -4.55. The molecule has 0 spiro atoms. The Morgan fingerprint density at radius 2 is 2.00 bits per heavy atom. The molecule has 0 saturated carbocycles. The highest BCUT2D eigenvalue weighted by molar-refractivity contribution is 6.22. The van der Waals surface area contributed by atoms with Crippen LogP contribution in [0.1, 0.15) is 40.5 Å². The number of fused-ring (bicyclic) bond motifs is 3. The number of aliphatic hydroxyl groups is 1. The van der Waals surface area contributed by atoms with Gasteiger partial charge in [-0.15, -0.1) is 11.6 Å². The van der Waals surface area contributed by atoms with Gasteiger partial charge in [0.2, 0.25) is 0 Å². The van der Waals surface area contributed by atoms with E-state index in [9.17, 15) is 24.3 Å². The highest BCUT2D eigenvalue weighted by Crippen LogP contribution is 2.50. The van der Waals surface area contributed by atoms with Crippen LogP contribution in [0.15, 0.2) is 23.8 Å².